The van der Waals surface area contributed by atoms with Gasteiger partial charge in [0.1, 0.15) is 0 Å². The molecule has 3 rings (SSSR count). The van der Waals surface area contributed by atoms with Crippen LogP contribution in [0, 0.1) is 11.8 Å². The first kappa shape index (κ1) is 9.36. The number of carbonyl (C=O) groups is 1. The zero-order chi connectivity index (χ0) is 10.6. The SMILES string of the molecule is NC1C2CN(c3cccc(Br)c3)C(=O)C12. The van der Waals surface area contributed by atoms with Gasteiger partial charge in [-0.3, -0.25) is 4.79 Å². The Hall–Kier alpha value is -0.870. The van der Waals surface area contributed by atoms with Crippen molar-refractivity contribution in [3.8, 4) is 0 Å². The number of nitrogens with two attached hydrogens (primary N) is 1. The van der Waals surface area contributed by atoms with Gasteiger partial charge >= 0.3 is 0 Å². The molecule has 0 radical (unpaired) electrons. The number of hydrogen-bond acceptors (Lipinski definition) is 2. The highest BCUT2D eigenvalue weighted by molar-refractivity contribution is 9.10. The third-order valence-electron chi connectivity index (χ3n) is 3.29. The summed E-state index contributed by atoms with van der Waals surface area (Å²) in [5, 5.41) is 0. The average molecular weight is 267 g/mol. The highest BCUT2D eigenvalue weighted by Crippen LogP contribution is 2.46. The first-order valence-electron chi connectivity index (χ1n) is 5.01. The van der Waals surface area contributed by atoms with Gasteiger partial charge in [0.2, 0.25) is 5.91 Å². The molecule has 1 amide bonds. The van der Waals surface area contributed by atoms with Crippen molar-refractivity contribution >= 4 is 27.5 Å². The predicted octanol–water partition coefficient (Wildman–Crippen LogP) is 1.37. The van der Waals surface area contributed by atoms with Crippen molar-refractivity contribution in [3.05, 3.63) is 28.7 Å². The van der Waals surface area contributed by atoms with E-state index in [1.807, 2.05) is 29.2 Å². The lowest BCUT2D eigenvalue weighted by atomic mass is 10.2. The number of hydrogen-bond donors (Lipinski definition) is 1. The van der Waals surface area contributed by atoms with Gasteiger partial charge in [-0.25, -0.2) is 0 Å². The molecule has 2 N–H and O–H groups in total. The fraction of sp³-hybridized carbons (Fsp3) is 0.364. The zero-order valence-electron chi connectivity index (χ0n) is 8.06. The summed E-state index contributed by atoms with van der Waals surface area (Å²) >= 11 is 3.40. The minimum atomic E-state index is 0.0870. The molecule has 0 spiro atoms. The summed E-state index contributed by atoms with van der Waals surface area (Å²) in [6, 6.07) is 7.93. The molecular weight excluding hydrogens is 256 g/mol. The number of benzene rings is 1. The molecule has 2 aliphatic rings. The van der Waals surface area contributed by atoms with E-state index >= 15 is 0 Å². The van der Waals surface area contributed by atoms with Gasteiger partial charge in [0.15, 0.2) is 0 Å². The van der Waals surface area contributed by atoms with Crippen LogP contribution in [-0.4, -0.2) is 18.5 Å². The molecule has 1 saturated carbocycles. The monoisotopic (exact) mass is 266 g/mol. The van der Waals surface area contributed by atoms with Crippen molar-refractivity contribution in [2.24, 2.45) is 17.6 Å². The zero-order valence-corrected chi connectivity index (χ0v) is 9.65. The summed E-state index contributed by atoms with van der Waals surface area (Å²) in [4.78, 5) is 13.7. The van der Waals surface area contributed by atoms with E-state index in [4.69, 9.17) is 5.73 Å². The Balaban J connectivity index is 1.88. The van der Waals surface area contributed by atoms with Crippen LogP contribution in [0.25, 0.3) is 0 Å². The lowest BCUT2D eigenvalue weighted by Gasteiger charge is -2.19. The molecule has 1 saturated heterocycles. The minimum absolute atomic E-state index is 0.0870. The molecule has 1 aromatic rings. The highest BCUT2D eigenvalue weighted by atomic mass is 79.9. The minimum Gasteiger partial charge on any atom is -0.327 e. The lowest BCUT2D eigenvalue weighted by molar-refractivity contribution is -0.118. The fourth-order valence-corrected chi connectivity index (χ4v) is 2.73. The van der Waals surface area contributed by atoms with Crippen molar-refractivity contribution < 1.29 is 4.79 Å². The second kappa shape index (κ2) is 3.06. The largest absolute Gasteiger partial charge is 0.327 e. The Morgan fingerprint density at radius 1 is 1.47 bits per heavy atom. The fourth-order valence-electron chi connectivity index (χ4n) is 2.34. The number of carbonyl (C=O) groups excluding carboxylic acids is 1. The van der Waals surface area contributed by atoms with E-state index in [0.717, 1.165) is 16.7 Å². The van der Waals surface area contributed by atoms with Crippen LogP contribution in [0.1, 0.15) is 0 Å². The van der Waals surface area contributed by atoms with Crippen molar-refractivity contribution in [1.29, 1.82) is 0 Å². The van der Waals surface area contributed by atoms with Gasteiger partial charge in [-0.15, -0.1) is 0 Å². The van der Waals surface area contributed by atoms with Crippen LogP contribution in [0.3, 0.4) is 0 Å². The first-order chi connectivity index (χ1) is 7.18. The molecule has 3 nitrogen and oxygen atoms in total. The van der Waals surface area contributed by atoms with Crippen LogP contribution in [0.4, 0.5) is 5.69 Å². The molecule has 1 aromatic carbocycles. The molecule has 78 valence electrons. The maximum atomic E-state index is 11.9. The number of amides is 1. The van der Waals surface area contributed by atoms with Gasteiger partial charge in [-0.05, 0) is 18.2 Å². The molecular formula is C11H11BrN2O. The summed E-state index contributed by atoms with van der Waals surface area (Å²) in [6.45, 7) is 0.779. The van der Waals surface area contributed by atoms with Crippen LogP contribution >= 0.6 is 15.9 Å². The van der Waals surface area contributed by atoms with Gasteiger partial charge in [0.05, 0.1) is 5.92 Å². The molecule has 1 aliphatic heterocycles. The molecule has 0 aromatic heterocycles. The lowest BCUT2D eigenvalue weighted by Crippen LogP contribution is -2.33. The standard InChI is InChI=1S/C11H11BrN2O/c12-6-2-1-3-7(4-6)14-5-8-9(10(8)13)11(14)15/h1-4,8-10H,5,13H2. The van der Waals surface area contributed by atoms with Gasteiger partial charge in [0, 0.05) is 28.7 Å². The third-order valence-corrected chi connectivity index (χ3v) is 3.79. The maximum Gasteiger partial charge on any atom is 0.232 e. The summed E-state index contributed by atoms with van der Waals surface area (Å²) in [6.07, 6.45) is 0. The first-order valence-corrected chi connectivity index (χ1v) is 5.80. The molecule has 3 atom stereocenters. The number of piperidine rings is 1. The molecule has 1 heterocycles. The topological polar surface area (TPSA) is 46.3 Å². The second-order valence-electron chi connectivity index (χ2n) is 4.20. The number of anilines is 1. The number of halogens is 1. The van der Waals surface area contributed by atoms with Crippen molar-refractivity contribution in [2.45, 2.75) is 6.04 Å². The van der Waals surface area contributed by atoms with E-state index in [2.05, 4.69) is 15.9 Å². The molecule has 2 fully saturated rings. The number of nitrogens with zero attached hydrogens (tertiary/aromatic N) is 1. The van der Waals surface area contributed by atoms with Crippen LogP contribution < -0.4 is 10.6 Å². The van der Waals surface area contributed by atoms with Crippen LogP contribution in [0.15, 0.2) is 28.7 Å². The van der Waals surface area contributed by atoms with Gasteiger partial charge in [0.25, 0.3) is 0 Å². The van der Waals surface area contributed by atoms with Crippen LogP contribution in [0.2, 0.25) is 0 Å². The summed E-state index contributed by atoms with van der Waals surface area (Å²) in [5.74, 6) is 0.658. The predicted molar refractivity (Wildman–Crippen MR) is 61.5 cm³/mol. The Morgan fingerprint density at radius 3 is 2.87 bits per heavy atom. The highest BCUT2D eigenvalue weighted by Gasteiger charge is 2.60. The van der Waals surface area contributed by atoms with E-state index in [1.165, 1.54) is 0 Å². The summed E-state index contributed by atoms with van der Waals surface area (Å²) in [7, 11) is 0. The molecule has 3 unspecified atom stereocenters. The van der Waals surface area contributed by atoms with Crippen molar-refractivity contribution in [1.82, 2.24) is 0 Å². The van der Waals surface area contributed by atoms with E-state index in [-0.39, 0.29) is 17.9 Å². The van der Waals surface area contributed by atoms with Gasteiger partial charge in [-0.2, -0.15) is 0 Å². The van der Waals surface area contributed by atoms with E-state index < -0.39 is 0 Å². The van der Waals surface area contributed by atoms with Crippen molar-refractivity contribution in [3.63, 3.8) is 0 Å². The molecule has 4 heteroatoms. The summed E-state index contributed by atoms with van der Waals surface area (Å²) in [5.41, 5.74) is 6.74. The molecule has 1 aliphatic carbocycles. The second-order valence-corrected chi connectivity index (χ2v) is 5.11. The van der Waals surface area contributed by atoms with Gasteiger partial charge < -0.3 is 10.6 Å². The van der Waals surface area contributed by atoms with E-state index in [0.29, 0.717) is 5.92 Å². The Kier molecular flexibility index (Phi) is 1.91. The number of rotatable bonds is 1. The van der Waals surface area contributed by atoms with Crippen LogP contribution in [-0.2, 0) is 4.79 Å². The third kappa shape index (κ3) is 1.32. The van der Waals surface area contributed by atoms with Crippen LogP contribution in [0.5, 0.6) is 0 Å². The van der Waals surface area contributed by atoms with Crippen molar-refractivity contribution in [2.75, 3.05) is 11.4 Å². The van der Waals surface area contributed by atoms with E-state index in [9.17, 15) is 4.79 Å². The molecule has 0 bridgehead atoms. The van der Waals surface area contributed by atoms with E-state index in [1.54, 1.807) is 0 Å². The average Bonchev–Trinajstić information content (AvgIpc) is 2.68. The Morgan fingerprint density at radius 2 is 2.27 bits per heavy atom. The summed E-state index contributed by atoms with van der Waals surface area (Å²) < 4.78 is 0.998. The maximum absolute atomic E-state index is 11.9. The number of fused-ring (bicyclic) bond motifs is 1. The Bertz CT molecular complexity index is 434. The smallest absolute Gasteiger partial charge is 0.232 e. The Labute approximate surface area is 96.4 Å². The van der Waals surface area contributed by atoms with Gasteiger partial charge in [-0.1, -0.05) is 22.0 Å². The quantitative estimate of drug-likeness (QED) is 0.835. The normalized spacial score (nSPS) is 33.1. The molecule has 15 heavy (non-hydrogen) atoms.